The first-order chi connectivity index (χ1) is 12.4. The molecule has 0 saturated carbocycles. The Kier molecular flexibility index (Phi) is 6.83. The van der Waals surface area contributed by atoms with Gasteiger partial charge >= 0.3 is 0 Å². The number of rotatable bonds is 4. The Labute approximate surface area is 157 Å². The number of nitrogens with zero attached hydrogens (tertiary/aromatic N) is 1. The molecule has 0 radical (unpaired) electrons. The lowest BCUT2D eigenvalue weighted by atomic mass is 9.88. The third-order valence-electron chi connectivity index (χ3n) is 3.60. The van der Waals surface area contributed by atoms with Gasteiger partial charge < -0.3 is 0 Å². The first kappa shape index (κ1) is 22.7. The summed E-state index contributed by atoms with van der Waals surface area (Å²) in [6.45, 7) is 7.24. The van der Waals surface area contributed by atoms with Crippen molar-refractivity contribution in [3.63, 3.8) is 0 Å². The van der Waals surface area contributed by atoms with Gasteiger partial charge in [0, 0.05) is 18.2 Å². The van der Waals surface area contributed by atoms with Crippen molar-refractivity contribution < 1.29 is 35.5 Å². The second-order valence-electron chi connectivity index (χ2n) is 5.13. The van der Waals surface area contributed by atoms with Gasteiger partial charge in [0.1, 0.15) is 0 Å². The van der Waals surface area contributed by atoms with Gasteiger partial charge in [-0.05, 0) is 30.2 Å². The number of hydrogen-bond acceptors (Lipinski definition) is 6. The highest BCUT2D eigenvalue weighted by molar-refractivity contribution is 7.90. The molecule has 27 heavy (non-hydrogen) atoms. The van der Waals surface area contributed by atoms with Crippen LogP contribution < -0.4 is 0 Å². The molecule has 1 aliphatic heterocycles. The van der Waals surface area contributed by atoms with Gasteiger partial charge in [0.15, 0.2) is 0 Å². The molecule has 2 rings (SSSR count). The first-order valence-corrected chi connectivity index (χ1v) is 10.5. The number of likely N-dealkylation sites (N-methyl/N-ethyl adjacent to an activating group) is 1. The molecule has 2 N–H and O–H groups in total. The molecular formula is C16H19NO8S2. The molecule has 1 aliphatic carbocycles. The van der Waals surface area contributed by atoms with Gasteiger partial charge in [0.05, 0.1) is 9.81 Å². The lowest BCUT2D eigenvalue weighted by Crippen LogP contribution is -2.40. The van der Waals surface area contributed by atoms with Crippen LogP contribution in [-0.2, 0) is 29.8 Å². The topological polar surface area (TPSA) is 146 Å². The van der Waals surface area contributed by atoms with E-state index < -0.39 is 41.9 Å². The summed E-state index contributed by atoms with van der Waals surface area (Å²) in [5.74, 6) is -1.64. The SMILES string of the molecule is C=C/C(=C\C1=C2CC=C(S(=O)(=O)O)C=C2C(=O)N(C)C1=O)S(=O)(=O)O.CC. The van der Waals surface area contributed by atoms with Crippen molar-refractivity contribution in [3.05, 3.63) is 57.4 Å². The van der Waals surface area contributed by atoms with Gasteiger partial charge in [-0.1, -0.05) is 26.5 Å². The number of imide groups is 1. The molecule has 0 bridgehead atoms. The summed E-state index contributed by atoms with van der Waals surface area (Å²) in [4.78, 5) is 24.1. The average molecular weight is 417 g/mol. The van der Waals surface area contributed by atoms with Crippen LogP contribution in [0.4, 0.5) is 0 Å². The van der Waals surface area contributed by atoms with Gasteiger partial charge in [0.2, 0.25) is 0 Å². The van der Waals surface area contributed by atoms with E-state index in [0.29, 0.717) is 4.90 Å². The lowest BCUT2D eigenvalue weighted by molar-refractivity contribution is -0.138. The van der Waals surface area contributed by atoms with Crippen LogP contribution in [-0.4, -0.2) is 49.7 Å². The second-order valence-corrected chi connectivity index (χ2v) is 7.97. The van der Waals surface area contributed by atoms with Crippen LogP contribution in [0.1, 0.15) is 20.3 Å². The van der Waals surface area contributed by atoms with Crippen molar-refractivity contribution in [2.24, 2.45) is 0 Å². The summed E-state index contributed by atoms with van der Waals surface area (Å²) in [6, 6.07) is 0. The van der Waals surface area contributed by atoms with Crippen LogP contribution >= 0.6 is 0 Å². The Morgan fingerprint density at radius 3 is 2.15 bits per heavy atom. The highest BCUT2D eigenvalue weighted by Gasteiger charge is 2.36. The van der Waals surface area contributed by atoms with Crippen LogP contribution in [0.25, 0.3) is 0 Å². The van der Waals surface area contributed by atoms with Crippen LogP contribution in [0.15, 0.2) is 57.4 Å². The van der Waals surface area contributed by atoms with E-state index in [1.54, 1.807) is 0 Å². The Balaban J connectivity index is 0.00000176. The maximum Gasteiger partial charge on any atom is 0.294 e. The molecule has 0 aromatic heterocycles. The fourth-order valence-corrected chi connectivity index (χ4v) is 3.38. The fourth-order valence-electron chi connectivity index (χ4n) is 2.34. The highest BCUT2D eigenvalue weighted by Crippen LogP contribution is 2.34. The molecule has 0 saturated heterocycles. The van der Waals surface area contributed by atoms with Gasteiger partial charge in [0.25, 0.3) is 32.1 Å². The van der Waals surface area contributed by atoms with Crippen molar-refractivity contribution in [1.82, 2.24) is 4.90 Å². The maximum absolute atomic E-state index is 12.3. The van der Waals surface area contributed by atoms with Gasteiger partial charge in [-0.15, -0.1) is 0 Å². The van der Waals surface area contributed by atoms with Crippen molar-refractivity contribution in [2.75, 3.05) is 7.05 Å². The minimum atomic E-state index is -4.66. The van der Waals surface area contributed by atoms with Crippen molar-refractivity contribution in [1.29, 1.82) is 0 Å². The Bertz CT molecular complexity index is 1020. The van der Waals surface area contributed by atoms with Gasteiger partial charge in [-0.25, -0.2) is 0 Å². The molecule has 0 fully saturated rings. The monoisotopic (exact) mass is 417 g/mol. The zero-order valence-electron chi connectivity index (χ0n) is 14.8. The number of carbonyl (C=O) groups excluding carboxylic acids is 2. The van der Waals surface area contributed by atoms with E-state index in [9.17, 15) is 26.4 Å². The molecule has 0 spiro atoms. The molecule has 11 heteroatoms. The van der Waals surface area contributed by atoms with Crippen LogP contribution in [0, 0.1) is 0 Å². The fraction of sp³-hybridized carbons (Fsp3) is 0.250. The molecule has 2 aliphatic rings. The zero-order valence-corrected chi connectivity index (χ0v) is 16.5. The van der Waals surface area contributed by atoms with Crippen molar-refractivity contribution in [3.8, 4) is 0 Å². The van der Waals surface area contributed by atoms with E-state index in [-0.39, 0.29) is 23.1 Å². The summed E-state index contributed by atoms with van der Waals surface area (Å²) in [6.07, 6.45) is 3.43. The lowest BCUT2D eigenvalue weighted by Gasteiger charge is -2.28. The minimum Gasteiger partial charge on any atom is -0.282 e. The third kappa shape index (κ3) is 4.69. The standard InChI is InChI=1S/C14H13NO8S2.C2H6/c1-3-8(24(18,19)20)6-11-10-5-4-9(25(21,22)23)7-12(10)14(17)15(2)13(11)16;1-2/h3-4,6-7H,1,5H2,2H3,(H,18,19,20)(H,21,22,23);1-2H3/b8-6+;. The summed E-state index contributed by atoms with van der Waals surface area (Å²) in [7, 11) is -8.09. The number of amides is 2. The summed E-state index contributed by atoms with van der Waals surface area (Å²) < 4.78 is 63.3. The second kappa shape index (κ2) is 8.13. The zero-order chi connectivity index (χ0) is 21.2. The Hall–Kier alpha value is -2.34. The largest absolute Gasteiger partial charge is 0.294 e. The van der Waals surface area contributed by atoms with E-state index in [1.807, 2.05) is 13.8 Å². The van der Waals surface area contributed by atoms with E-state index in [1.165, 1.54) is 0 Å². The number of hydrogen-bond donors (Lipinski definition) is 2. The Morgan fingerprint density at radius 1 is 1.15 bits per heavy atom. The van der Waals surface area contributed by atoms with E-state index in [0.717, 1.165) is 31.4 Å². The van der Waals surface area contributed by atoms with Gasteiger partial charge in [-0.2, -0.15) is 16.8 Å². The number of fused-ring (bicyclic) bond motifs is 1. The number of allylic oxidation sites excluding steroid dienone is 3. The predicted octanol–water partition coefficient (Wildman–Crippen LogP) is 1.37. The average Bonchev–Trinajstić information content (AvgIpc) is 2.59. The van der Waals surface area contributed by atoms with Gasteiger partial charge in [-0.3, -0.25) is 23.6 Å². The minimum absolute atomic E-state index is 0.0727. The Morgan fingerprint density at radius 2 is 1.70 bits per heavy atom. The smallest absolute Gasteiger partial charge is 0.282 e. The van der Waals surface area contributed by atoms with Crippen LogP contribution in [0.3, 0.4) is 0 Å². The summed E-state index contributed by atoms with van der Waals surface area (Å²) in [5, 5.41) is 0. The first-order valence-electron chi connectivity index (χ1n) is 7.64. The molecule has 0 unspecified atom stereocenters. The maximum atomic E-state index is 12.3. The van der Waals surface area contributed by atoms with E-state index in [2.05, 4.69) is 6.58 Å². The molecular weight excluding hydrogens is 398 g/mol. The van der Waals surface area contributed by atoms with Crippen molar-refractivity contribution in [2.45, 2.75) is 20.3 Å². The van der Waals surface area contributed by atoms with Crippen LogP contribution in [0.5, 0.6) is 0 Å². The van der Waals surface area contributed by atoms with Crippen molar-refractivity contribution >= 4 is 32.1 Å². The van der Waals surface area contributed by atoms with Crippen LogP contribution in [0.2, 0.25) is 0 Å². The van der Waals surface area contributed by atoms with E-state index in [4.69, 9.17) is 9.11 Å². The van der Waals surface area contributed by atoms with E-state index >= 15 is 0 Å². The highest BCUT2D eigenvalue weighted by atomic mass is 32.2. The third-order valence-corrected chi connectivity index (χ3v) is 5.36. The molecule has 2 amide bonds. The number of carbonyl (C=O) groups is 2. The summed E-state index contributed by atoms with van der Waals surface area (Å²) in [5.41, 5.74) is -0.322. The molecule has 0 aromatic rings. The quantitative estimate of drug-likeness (QED) is 0.396. The molecule has 0 aromatic carbocycles. The molecule has 9 nitrogen and oxygen atoms in total. The molecule has 148 valence electrons. The predicted molar refractivity (Wildman–Crippen MR) is 98.3 cm³/mol. The molecule has 1 heterocycles. The molecule has 0 atom stereocenters. The summed E-state index contributed by atoms with van der Waals surface area (Å²) >= 11 is 0. The normalized spacial score (nSPS) is 18.3.